The predicted molar refractivity (Wildman–Crippen MR) is 73.7 cm³/mol. The highest BCUT2D eigenvalue weighted by Crippen LogP contribution is 2.28. The lowest BCUT2D eigenvalue weighted by Gasteiger charge is -2.23. The van der Waals surface area contributed by atoms with Gasteiger partial charge in [-0.3, -0.25) is 4.79 Å². The number of aliphatic carboxylic acids is 1. The van der Waals surface area contributed by atoms with Crippen LogP contribution in [0.4, 0.5) is 4.79 Å². The lowest BCUT2D eigenvalue weighted by molar-refractivity contribution is -0.139. The fraction of sp³-hybridized carbons (Fsp3) is 0.571. The molecular formula is C14H20N2O5. The average Bonchev–Trinajstić information content (AvgIpc) is 3.16. The Kier molecular flexibility index (Phi) is 5.21. The largest absolute Gasteiger partial charge is 0.481 e. The van der Waals surface area contributed by atoms with Crippen LogP contribution in [-0.2, 0) is 16.1 Å². The molecule has 2 amide bonds. The van der Waals surface area contributed by atoms with E-state index in [4.69, 9.17) is 14.3 Å². The van der Waals surface area contributed by atoms with Crippen molar-refractivity contribution in [2.75, 3.05) is 13.7 Å². The van der Waals surface area contributed by atoms with Gasteiger partial charge in [0, 0.05) is 19.7 Å². The standard InChI is InChI=1S/C14H20N2O5/c1-20-12(7-13(17)18)8-15-14(19)16(10-4-5-10)9-11-3-2-6-21-11/h2-3,6,10,12H,4-5,7-9H2,1H3,(H,15,19)(H,17,18). The van der Waals surface area contributed by atoms with Gasteiger partial charge in [0.15, 0.2) is 0 Å². The minimum absolute atomic E-state index is 0.140. The Hall–Kier alpha value is -2.02. The second-order valence-electron chi connectivity index (χ2n) is 5.08. The van der Waals surface area contributed by atoms with E-state index >= 15 is 0 Å². The van der Waals surface area contributed by atoms with Crippen molar-refractivity contribution in [2.24, 2.45) is 0 Å². The third-order valence-corrected chi connectivity index (χ3v) is 3.37. The summed E-state index contributed by atoms with van der Waals surface area (Å²) in [7, 11) is 1.43. The van der Waals surface area contributed by atoms with E-state index in [1.54, 1.807) is 17.2 Å². The number of carboxylic acids is 1. The highest BCUT2D eigenvalue weighted by Gasteiger charge is 2.33. The van der Waals surface area contributed by atoms with Gasteiger partial charge < -0.3 is 24.5 Å². The van der Waals surface area contributed by atoms with Crippen LogP contribution in [0.1, 0.15) is 25.0 Å². The zero-order chi connectivity index (χ0) is 15.2. The average molecular weight is 296 g/mol. The Balaban J connectivity index is 1.85. The van der Waals surface area contributed by atoms with Crippen molar-refractivity contribution in [3.05, 3.63) is 24.2 Å². The fourth-order valence-electron chi connectivity index (χ4n) is 2.06. The molecule has 116 valence electrons. The molecule has 7 nitrogen and oxygen atoms in total. The van der Waals surface area contributed by atoms with Gasteiger partial charge in [-0.05, 0) is 25.0 Å². The molecule has 0 radical (unpaired) electrons. The van der Waals surface area contributed by atoms with E-state index in [-0.39, 0.29) is 25.0 Å². The van der Waals surface area contributed by atoms with Gasteiger partial charge in [0.25, 0.3) is 0 Å². The lowest BCUT2D eigenvalue weighted by Crippen LogP contribution is -2.44. The Bertz CT molecular complexity index is 470. The maximum atomic E-state index is 12.2. The molecule has 1 fully saturated rings. The number of hydrogen-bond donors (Lipinski definition) is 2. The summed E-state index contributed by atoms with van der Waals surface area (Å²) in [4.78, 5) is 24.6. The lowest BCUT2D eigenvalue weighted by atomic mass is 10.2. The van der Waals surface area contributed by atoms with Gasteiger partial charge in [-0.1, -0.05) is 0 Å². The van der Waals surface area contributed by atoms with Gasteiger partial charge in [0.05, 0.1) is 25.3 Å². The molecule has 0 bridgehead atoms. The number of nitrogens with one attached hydrogen (secondary N) is 1. The highest BCUT2D eigenvalue weighted by atomic mass is 16.5. The van der Waals surface area contributed by atoms with Crippen LogP contribution >= 0.6 is 0 Å². The van der Waals surface area contributed by atoms with Crippen LogP contribution in [0.5, 0.6) is 0 Å². The third-order valence-electron chi connectivity index (χ3n) is 3.37. The monoisotopic (exact) mass is 296 g/mol. The summed E-state index contributed by atoms with van der Waals surface area (Å²) in [5, 5.41) is 11.5. The zero-order valence-electron chi connectivity index (χ0n) is 11.9. The van der Waals surface area contributed by atoms with E-state index < -0.39 is 12.1 Å². The van der Waals surface area contributed by atoms with Gasteiger partial charge in [-0.15, -0.1) is 0 Å². The number of urea groups is 1. The Morgan fingerprint density at radius 1 is 1.57 bits per heavy atom. The van der Waals surface area contributed by atoms with Crippen LogP contribution in [0.15, 0.2) is 22.8 Å². The first kappa shape index (κ1) is 15.4. The molecule has 1 atom stereocenters. The van der Waals surface area contributed by atoms with E-state index in [9.17, 15) is 9.59 Å². The minimum Gasteiger partial charge on any atom is -0.481 e. The molecule has 1 heterocycles. The van der Waals surface area contributed by atoms with Gasteiger partial charge in [0.1, 0.15) is 5.76 Å². The van der Waals surface area contributed by atoms with Gasteiger partial charge >= 0.3 is 12.0 Å². The summed E-state index contributed by atoms with van der Waals surface area (Å²) in [5.41, 5.74) is 0. The molecule has 1 aliphatic carbocycles. The van der Waals surface area contributed by atoms with E-state index in [2.05, 4.69) is 5.32 Å². The van der Waals surface area contributed by atoms with Gasteiger partial charge in [-0.2, -0.15) is 0 Å². The van der Waals surface area contributed by atoms with Crippen molar-refractivity contribution >= 4 is 12.0 Å². The Labute approximate surface area is 122 Å². The summed E-state index contributed by atoms with van der Waals surface area (Å²) in [6.07, 6.45) is 2.87. The molecule has 1 aromatic heterocycles. The number of carbonyl (C=O) groups excluding carboxylic acids is 1. The smallest absolute Gasteiger partial charge is 0.318 e. The molecule has 7 heteroatoms. The first-order valence-corrected chi connectivity index (χ1v) is 6.91. The number of furan rings is 1. The number of carboxylic acid groups (broad SMARTS) is 1. The maximum absolute atomic E-state index is 12.2. The predicted octanol–water partition coefficient (Wildman–Crippen LogP) is 1.44. The van der Waals surface area contributed by atoms with Crippen LogP contribution in [-0.4, -0.2) is 47.8 Å². The van der Waals surface area contributed by atoms with Crippen LogP contribution in [0.3, 0.4) is 0 Å². The number of hydrogen-bond acceptors (Lipinski definition) is 4. The highest BCUT2D eigenvalue weighted by molar-refractivity contribution is 5.75. The van der Waals surface area contributed by atoms with E-state index in [0.29, 0.717) is 6.54 Å². The van der Waals surface area contributed by atoms with Crippen molar-refractivity contribution in [2.45, 2.75) is 38.0 Å². The number of ether oxygens (including phenoxy) is 1. The molecule has 2 N–H and O–H groups in total. The van der Waals surface area contributed by atoms with Crippen LogP contribution in [0.2, 0.25) is 0 Å². The van der Waals surface area contributed by atoms with Crippen LogP contribution < -0.4 is 5.32 Å². The Morgan fingerprint density at radius 2 is 2.33 bits per heavy atom. The minimum atomic E-state index is -0.953. The summed E-state index contributed by atoms with van der Waals surface area (Å²) in [5.74, 6) is -0.225. The second kappa shape index (κ2) is 7.12. The molecule has 1 aliphatic rings. The SMILES string of the molecule is COC(CNC(=O)N(Cc1ccco1)C1CC1)CC(=O)O. The molecule has 1 aromatic rings. The second-order valence-corrected chi connectivity index (χ2v) is 5.08. The van der Waals surface area contributed by atoms with E-state index in [1.807, 2.05) is 6.07 Å². The molecule has 0 aliphatic heterocycles. The van der Waals surface area contributed by atoms with Gasteiger partial charge in [0.2, 0.25) is 0 Å². The van der Waals surface area contributed by atoms with Crippen molar-refractivity contribution in [1.29, 1.82) is 0 Å². The molecule has 21 heavy (non-hydrogen) atoms. The molecule has 2 rings (SSSR count). The fourth-order valence-corrected chi connectivity index (χ4v) is 2.06. The molecule has 0 spiro atoms. The van der Waals surface area contributed by atoms with Gasteiger partial charge in [-0.25, -0.2) is 4.79 Å². The van der Waals surface area contributed by atoms with Crippen molar-refractivity contribution < 1.29 is 23.8 Å². The number of amides is 2. The topological polar surface area (TPSA) is 92.0 Å². The molecule has 1 unspecified atom stereocenters. The van der Waals surface area contributed by atoms with Crippen molar-refractivity contribution in [3.63, 3.8) is 0 Å². The first-order valence-electron chi connectivity index (χ1n) is 6.91. The number of nitrogens with zero attached hydrogens (tertiary/aromatic N) is 1. The normalized spacial score (nSPS) is 15.5. The third kappa shape index (κ3) is 4.78. The summed E-state index contributed by atoms with van der Waals surface area (Å²) in [6, 6.07) is 3.62. The number of methoxy groups -OCH3 is 1. The van der Waals surface area contributed by atoms with Crippen LogP contribution in [0.25, 0.3) is 0 Å². The van der Waals surface area contributed by atoms with Crippen LogP contribution in [0, 0.1) is 0 Å². The molecule has 0 aromatic carbocycles. The van der Waals surface area contributed by atoms with E-state index in [1.165, 1.54) is 7.11 Å². The number of rotatable bonds is 8. The van der Waals surface area contributed by atoms with Crippen molar-refractivity contribution in [3.8, 4) is 0 Å². The summed E-state index contributed by atoms with van der Waals surface area (Å²) < 4.78 is 10.3. The van der Waals surface area contributed by atoms with E-state index in [0.717, 1.165) is 18.6 Å². The zero-order valence-corrected chi connectivity index (χ0v) is 11.9. The summed E-state index contributed by atoms with van der Waals surface area (Å²) in [6.45, 7) is 0.586. The first-order chi connectivity index (χ1) is 10.1. The number of carbonyl (C=O) groups is 2. The Morgan fingerprint density at radius 3 is 2.86 bits per heavy atom. The maximum Gasteiger partial charge on any atom is 0.318 e. The molecular weight excluding hydrogens is 276 g/mol. The summed E-state index contributed by atoms with van der Waals surface area (Å²) >= 11 is 0. The quantitative estimate of drug-likeness (QED) is 0.757. The molecule has 0 saturated heterocycles. The molecule has 1 saturated carbocycles. The van der Waals surface area contributed by atoms with Crippen molar-refractivity contribution in [1.82, 2.24) is 10.2 Å².